The van der Waals surface area contributed by atoms with Crippen LogP contribution in [0.1, 0.15) is 16.7 Å². The molecule has 0 atom stereocenters. The second-order valence-electron chi connectivity index (χ2n) is 5.24. The maximum atomic E-state index is 13.2. The first kappa shape index (κ1) is 13.6. The smallest absolute Gasteiger partial charge is 0.137 e. The highest BCUT2D eigenvalue weighted by Crippen LogP contribution is 2.24. The van der Waals surface area contributed by atoms with Gasteiger partial charge in [-0.1, -0.05) is 12.1 Å². The van der Waals surface area contributed by atoms with Gasteiger partial charge in [-0.2, -0.15) is 0 Å². The Kier molecular flexibility index (Phi) is 3.76. The Balaban J connectivity index is 1.75. The fourth-order valence-electron chi connectivity index (χ4n) is 2.67. The fourth-order valence-corrected chi connectivity index (χ4v) is 3.09. The highest BCUT2D eigenvalue weighted by Gasteiger charge is 2.16. The Morgan fingerprint density at radius 1 is 1.15 bits per heavy atom. The minimum Gasteiger partial charge on any atom is -0.399 e. The lowest BCUT2D eigenvalue weighted by Crippen LogP contribution is -2.30. The van der Waals surface area contributed by atoms with Gasteiger partial charge in [0.15, 0.2) is 0 Å². The molecule has 0 unspecified atom stereocenters. The van der Waals surface area contributed by atoms with Crippen molar-refractivity contribution in [3.8, 4) is 0 Å². The van der Waals surface area contributed by atoms with Gasteiger partial charge in [0.2, 0.25) is 0 Å². The minimum atomic E-state index is -0.217. The van der Waals surface area contributed by atoms with Crippen LogP contribution in [-0.4, -0.2) is 11.4 Å². The van der Waals surface area contributed by atoms with E-state index < -0.39 is 0 Å². The predicted molar refractivity (Wildman–Crippen MR) is 82.8 cm³/mol. The number of hydrogen-bond donors (Lipinski definition) is 1. The van der Waals surface area contributed by atoms with Crippen LogP contribution in [0.2, 0.25) is 0 Å². The first-order valence-electron chi connectivity index (χ1n) is 6.65. The Morgan fingerprint density at radius 2 is 2.00 bits per heavy atom. The van der Waals surface area contributed by atoms with E-state index in [2.05, 4.69) is 33.0 Å². The summed E-state index contributed by atoms with van der Waals surface area (Å²) in [5, 5.41) is 0. The summed E-state index contributed by atoms with van der Waals surface area (Å²) in [6.07, 6.45) is 1.04. The Labute approximate surface area is 126 Å². The number of nitrogens with zero attached hydrogens (tertiary/aromatic N) is 1. The molecule has 2 nitrogen and oxygen atoms in total. The number of halogens is 2. The van der Waals surface area contributed by atoms with Gasteiger partial charge in [0.1, 0.15) is 5.82 Å². The van der Waals surface area contributed by atoms with Crippen LogP contribution in [0.25, 0.3) is 0 Å². The third-order valence-electron chi connectivity index (χ3n) is 3.71. The zero-order chi connectivity index (χ0) is 14.1. The summed E-state index contributed by atoms with van der Waals surface area (Å²) < 4.78 is 13.8. The number of rotatable bonds is 2. The van der Waals surface area contributed by atoms with Crippen molar-refractivity contribution in [1.82, 2.24) is 4.90 Å². The molecule has 0 bridgehead atoms. The van der Waals surface area contributed by atoms with Crippen molar-refractivity contribution in [1.29, 1.82) is 0 Å². The zero-order valence-electron chi connectivity index (χ0n) is 11.1. The molecule has 1 heterocycles. The second-order valence-corrected chi connectivity index (χ2v) is 6.09. The second kappa shape index (κ2) is 5.54. The molecule has 0 aliphatic carbocycles. The highest BCUT2D eigenvalue weighted by atomic mass is 79.9. The average molecular weight is 335 g/mol. The van der Waals surface area contributed by atoms with Gasteiger partial charge < -0.3 is 5.73 Å². The molecule has 0 radical (unpaired) electrons. The number of anilines is 1. The predicted octanol–water partition coefficient (Wildman–Crippen LogP) is 3.73. The molecule has 0 saturated carbocycles. The summed E-state index contributed by atoms with van der Waals surface area (Å²) in [7, 11) is 0. The highest BCUT2D eigenvalue weighted by molar-refractivity contribution is 9.10. The number of benzene rings is 2. The Morgan fingerprint density at radius 3 is 2.80 bits per heavy atom. The lowest BCUT2D eigenvalue weighted by molar-refractivity contribution is 0.245. The number of hydrogen-bond acceptors (Lipinski definition) is 2. The van der Waals surface area contributed by atoms with Crippen LogP contribution in [0.4, 0.5) is 10.1 Å². The third kappa shape index (κ3) is 2.86. The fraction of sp³-hybridized carbons (Fsp3) is 0.250. The van der Waals surface area contributed by atoms with Crippen molar-refractivity contribution in [3.63, 3.8) is 0 Å². The van der Waals surface area contributed by atoms with Gasteiger partial charge >= 0.3 is 0 Å². The van der Waals surface area contributed by atoms with Crippen LogP contribution in [0.15, 0.2) is 40.9 Å². The minimum absolute atomic E-state index is 0.217. The van der Waals surface area contributed by atoms with Crippen LogP contribution in [0.5, 0.6) is 0 Å². The molecule has 0 amide bonds. The molecular weight excluding hydrogens is 319 g/mol. The van der Waals surface area contributed by atoms with Crippen molar-refractivity contribution < 1.29 is 4.39 Å². The first-order valence-corrected chi connectivity index (χ1v) is 7.45. The lowest BCUT2D eigenvalue weighted by Gasteiger charge is -2.29. The third-order valence-corrected chi connectivity index (χ3v) is 4.32. The van der Waals surface area contributed by atoms with Crippen molar-refractivity contribution in [3.05, 3.63) is 63.4 Å². The van der Waals surface area contributed by atoms with Crippen LogP contribution in [-0.2, 0) is 19.5 Å². The van der Waals surface area contributed by atoms with Gasteiger partial charge in [0.25, 0.3) is 0 Å². The molecular formula is C16H16BrFN2. The van der Waals surface area contributed by atoms with E-state index in [0.29, 0.717) is 4.47 Å². The monoisotopic (exact) mass is 334 g/mol. The van der Waals surface area contributed by atoms with Crippen LogP contribution in [0, 0.1) is 5.82 Å². The molecule has 1 aliphatic rings. The normalized spacial score (nSPS) is 15.1. The van der Waals surface area contributed by atoms with Crippen LogP contribution >= 0.6 is 15.9 Å². The molecule has 1 aliphatic heterocycles. The van der Waals surface area contributed by atoms with Gasteiger partial charge in [-0.3, -0.25) is 4.90 Å². The zero-order valence-corrected chi connectivity index (χ0v) is 12.7. The van der Waals surface area contributed by atoms with Gasteiger partial charge in [0.05, 0.1) is 4.47 Å². The van der Waals surface area contributed by atoms with Crippen molar-refractivity contribution in [2.75, 3.05) is 12.3 Å². The molecule has 2 N–H and O–H groups in total. The van der Waals surface area contributed by atoms with E-state index in [1.54, 1.807) is 0 Å². The maximum absolute atomic E-state index is 13.2. The summed E-state index contributed by atoms with van der Waals surface area (Å²) in [4.78, 5) is 2.36. The van der Waals surface area contributed by atoms with Crippen molar-refractivity contribution in [2.45, 2.75) is 19.5 Å². The topological polar surface area (TPSA) is 29.3 Å². The van der Waals surface area contributed by atoms with E-state index in [1.807, 2.05) is 18.2 Å². The van der Waals surface area contributed by atoms with E-state index in [1.165, 1.54) is 17.2 Å². The molecule has 0 spiro atoms. The summed E-state index contributed by atoms with van der Waals surface area (Å²) in [6, 6.07) is 11.3. The van der Waals surface area contributed by atoms with Gasteiger partial charge in [-0.25, -0.2) is 4.39 Å². The Hall–Kier alpha value is -1.39. The van der Waals surface area contributed by atoms with Crippen molar-refractivity contribution >= 4 is 21.6 Å². The quantitative estimate of drug-likeness (QED) is 0.848. The summed E-state index contributed by atoms with van der Waals surface area (Å²) in [5.74, 6) is -0.217. The molecule has 2 aromatic carbocycles. The summed E-state index contributed by atoms with van der Waals surface area (Å²) in [5.41, 5.74) is 10.5. The summed E-state index contributed by atoms with van der Waals surface area (Å²) in [6.45, 7) is 2.74. The van der Waals surface area contributed by atoms with Gasteiger partial charge in [-0.05, 0) is 63.3 Å². The molecule has 104 valence electrons. The molecule has 0 saturated heterocycles. The SMILES string of the molecule is Nc1ccc2c(c1)CN(Cc1ccc(F)c(Br)c1)CC2. The molecule has 20 heavy (non-hydrogen) atoms. The number of nitrogens with two attached hydrogens (primary N) is 1. The number of fused-ring (bicyclic) bond motifs is 1. The number of nitrogen functional groups attached to an aromatic ring is 1. The van der Waals surface area contributed by atoms with Gasteiger partial charge in [0, 0.05) is 25.3 Å². The van der Waals surface area contributed by atoms with E-state index in [4.69, 9.17) is 5.73 Å². The van der Waals surface area contributed by atoms with Crippen molar-refractivity contribution in [2.24, 2.45) is 0 Å². The van der Waals surface area contributed by atoms with Gasteiger partial charge in [-0.15, -0.1) is 0 Å². The lowest BCUT2D eigenvalue weighted by atomic mass is 9.99. The largest absolute Gasteiger partial charge is 0.399 e. The summed E-state index contributed by atoms with van der Waals surface area (Å²) >= 11 is 3.24. The molecule has 0 aromatic heterocycles. The molecule has 0 fully saturated rings. The standard InChI is InChI=1S/C16H16BrFN2/c17-15-7-11(1-4-16(15)18)9-20-6-5-12-2-3-14(19)8-13(12)10-20/h1-4,7-8H,5-6,9-10,19H2. The molecule has 4 heteroatoms. The van der Waals surface area contributed by atoms with E-state index in [9.17, 15) is 4.39 Å². The van der Waals surface area contributed by atoms with Crippen LogP contribution < -0.4 is 5.73 Å². The maximum Gasteiger partial charge on any atom is 0.137 e. The van der Waals surface area contributed by atoms with E-state index in [0.717, 1.165) is 37.3 Å². The average Bonchev–Trinajstić information content (AvgIpc) is 2.42. The first-order chi connectivity index (χ1) is 9.61. The Bertz CT molecular complexity index is 642. The molecule has 3 rings (SSSR count). The van der Waals surface area contributed by atoms with E-state index in [-0.39, 0.29) is 5.82 Å². The molecule has 2 aromatic rings. The van der Waals surface area contributed by atoms with Crippen LogP contribution in [0.3, 0.4) is 0 Å². The van der Waals surface area contributed by atoms with E-state index >= 15 is 0 Å².